The lowest BCUT2D eigenvalue weighted by Crippen LogP contribution is -2.08. The van der Waals surface area contributed by atoms with Crippen molar-refractivity contribution in [3.8, 4) is 0 Å². The van der Waals surface area contributed by atoms with Gasteiger partial charge in [-0.15, -0.1) is 0 Å². The molecule has 0 nitrogen and oxygen atoms in total. The third-order valence-electron chi connectivity index (χ3n) is 0.748. The number of alkyl halides is 3. The molecule has 0 aliphatic carbocycles. The van der Waals surface area contributed by atoms with E-state index in [2.05, 4.69) is 0 Å². The Hall–Kier alpha value is -0.210. The molecule has 3 heteroatoms. The molecule has 0 heterocycles. The van der Waals surface area contributed by atoms with Crippen LogP contribution in [0.25, 0.3) is 0 Å². The van der Waals surface area contributed by atoms with Crippen LogP contribution in [0.15, 0.2) is 0 Å². The van der Waals surface area contributed by atoms with Crippen LogP contribution in [-0.4, -0.2) is 19.0 Å². The van der Waals surface area contributed by atoms with Gasteiger partial charge < -0.3 is 0 Å². The summed E-state index contributed by atoms with van der Waals surface area (Å²) in [4.78, 5) is 0. The number of hydrogen-bond donors (Lipinski definition) is 0. The van der Waals surface area contributed by atoms with Gasteiger partial charge in [-0.25, -0.2) is 13.2 Å². The molecular formula is C5H9F3. The second-order valence-corrected chi connectivity index (χ2v) is 1.77. The third kappa shape index (κ3) is 3.96. The summed E-state index contributed by atoms with van der Waals surface area (Å²) in [5.74, 6) is 0. The predicted octanol–water partition coefficient (Wildman–Crippen LogP) is 2.04. The Bertz CT molecular complexity index is 53.6. The minimum absolute atomic E-state index is 0.323. The molecule has 0 aromatic heterocycles. The first-order valence-corrected chi connectivity index (χ1v) is 2.51. The van der Waals surface area contributed by atoms with Gasteiger partial charge in [-0.2, -0.15) is 0 Å². The molecule has 0 rings (SSSR count). The van der Waals surface area contributed by atoms with Crippen molar-refractivity contribution in [2.45, 2.75) is 25.7 Å². The molecule has 0 amide bonds. The van der Waals surface area contributed by atoms with Gasteiger partial charge in [-0.3, -0.25) is 0 Å². The summed E-state index contributed by atoms with van der Waals surface area (Å²) in [5, 5.41) is 0. The SMILES string of the molecule is CC(F)CC(F)CF. The zero-order valence-corrected chi connectivity index (χ0v) is 4.70. The van der Waals surface area contributed by atoms with E-state index in [1.54, 1.807) is 0 Å². The number of halogens is 3. The fourth-order valence-electron chi connectivity index (χ4n) is 0.415. The van der Waals surface area contributed by atoms with E-state index in [9.17, 15) is 13.2 Å². The number of hydrogen-bond acceptors (Lipinski definition) is 0. The Kier molecular flexibility index (Phi) is 3.65. The van der Waals surface area contributed by atoms with E-state index in [0.29, 0.717) is 0 Å². The van der Waals surface area contributed by atoms with Crippen molar-refractivity contribution in [3.63, 3.8) is 0 Å². The van der Waals surface area contributed by atoms with Crippen LogP contribution >= 0.6 is 0 Å². The van der Waals surface area contributed by atoms with Crippen molar-refractivity contribution in [2.24, 2.45) is 0 Å². The molecule has 0 radical (unpaired) electrons. The van der Waals surface area contributed by atoms with Crippen LogP contribution in [0.4, 0.5) is 13.2 Å². The van der Waals surface area contributed by atoms with Crippen LogP contribution in [0.3, 0.4) is 0 Å². The fourth-order valence-corrected chi connectivity index (χ4v) is 0.415. The molecule has 0 aromatic rings. The van der Waals surface area contributed by atoms with Gasteiger partial charge in [0.2, 0.25) is 0 Å². The summed E-state index contributed by atoms with van der Waals surface area (Å²) in [5.41, 5.74) is 0. The Morgan fingerprint density at radius 1 is 1.38 bits per heavy atom. The van der Waals surface area contributed by atoms with Crippen LogP contribution in [0, 0.1) is 0 Å². The van der Waals surface area contributed by atoms with Crippen molar-refractivity contribution in [1.82, 2.24) is 0 Å². The van der Waals surface area contributed by atoms with Crippen molar-refractivity contribution in [3.05, 3.63) is 0 Å². The minimum atomic E-state index is -1.62. The summed E-state index contributed by atoms with van der Waals surface area (Å²) in [6, 6.07) is 0. The first-order chi connectivity index (χ1) is 3.66. The van der Waals surface area contributed by atoms with Crippen LogP contribution in [0.5, 0.6) is 0 Å². The zero-order valence-electron chi connectivity index (χ0n) is 4.70. The first-order valence-electron chi connectivity index (χ1n) is 2.51. The van der Waals surface area contributed by atoms with Gasteiger partial charge in [0.25, 0.3) is 0 Å². The van der Waals surface area contributed by atoms with Gasteiger partial charge in [0.15, 0.2) is 0 Å². The van der Waals surface area contributed by atoms with E-state index < -0.39 is 19.0 Å². The molecule has 0 aromatic carbocycles. The molecule has 0 N–H and O–H groups in total. The fraction of sp³-hybridized carbons (Fsp3) is 1.00. The molecule has 2 unspecified atom stereocenters. The lowest BCUT2D eigenvalue weighted by Gasteiger charge is -2.01. The van der Waals surface area contributed by atoms with E-state index in [1.807, 2.05) is 0 Å². The summed E-state index contributed by atoms with van der Waals surface area (Å²) < 4.78 is 34.7. The van der Waals surface area contributed by atoms with Gasteiger partial charge in [-0.1, -0.05) is 0 Å². The Morgan fingerprint density at radius 3 is 2.00 bits per heavy atom. The van der Waals surface area contributed by atoms with E-state index >= 15 is 0 Å². The Morgan fingerprint density at radius 2 is 1.88 bits per heavy atom. The third-order valence-corrected chi connectivity index (χ3v) is 0.748. The quantitative estimate of drug-likeness (QED) is 0.542. The van der Waals surface area contributed by atoms with Crippen LogP contribution < -0.4 is 0 Å². The molecule has 8 heavy (non-hydrogen) atoms. The van der Waals surface area contributed by atoms with Crippen molar-refractivity contribution >= 4 is 0 Å². The van der Waals surface area contributed by atoms with E-state index in [4.69, 9.17) is 0 Å². The van der Waals surface area contributed by atoms with Gasteiger partial charge in [0.1, 0.15) is 19.0 Å². The van der Waals surface area contributed by atoms with E-state index in [-0.39, 0.29) is 6.42 Å². The average Bonchev–Trinajstić information content (AvgIpc) is 1.65. The normalized spacial score (nSPS) is 18.0. The standard InChI is InChI=1S/C5H9F3/c1-4(7)2-5(8)3-6/h4-5H,2-3H2,1H3. The molecule has 2 atom stereocenters. The summed E-state index contributed by atoms with van der Waals surface area (Å²) >= 11 is 0. The van der Waals surface area contributed by atoms with E-state index in [1.165, 1.54) is 6.92 Å². The lowest BCUT2D eigenvalue weighted by atomic mass is 10.2. The maximum absolute atomic E-state index is 11.8. The smallest absolute Gasteiger partial charge is 0.131 e. The maximum atomic E-state index is 11.8. The van der Waals surface area contributed by atoms with Gasteiger partial charge >= 0.3 is 0 Å². The van der Waals surface area contributed by atoms with Gasteiger partial charge in [-0.05, 0) is 6.92 Å². The van der Waals surface area contributed by atoms with Crippen molar-refractivity contribution in [1.29, 1.82) is 0 Å². The van der Waals surface area contributed by atoms with Crippen LogP contribution in [-0.2, 0) is 0 Å². The molecule has 50 valence electrons. The summed E-state index contributed by atoms with van der Waals surface area (Å²) in [6.45, 7) is 0.135. The highest BCUT2D eigenvalue weighted by atomic mass is 19.2. The highest BCUT2D eigenvalue weighted by Gasteiger charge is 2.09. The molecule has 0 bridgehead atoms. The largest absolute Gasteiger partial charge is 0.248 e. The van der Waals surface area contributed by atoms with E-state index in [0.717, 1.165) is 0 Å². The number of rotatable bonds is 3. The second-order valence-electron chi connectivity index (χ2n) is 1.77. The molecule has 0 saturated heterocycles. The van der Waals surface area contributed by atoms with Crippen LogP contribution in [0.1, 0.15) is 13.3 Å². The maximum Gasteiger partial charge on any atom is 0.131 e. The topological polar surface area (TPSA) is 0 Å². The Labute approximate surface area is 46.7 Å². The monoisotopic (exact) mass is 126 g/mol. The molecule has 0 aliphatic heterocycles. The summed E-state index contributed by atoms with van der Waals surface area (Å²) in [6.07, 6.45) is -3.17. The molecule has 0 saturated carbocycles. The highest BCUT2D eigenvalue weighted by molar-refractivity contribution is 4.57. The van der Waals surface area contributed by atoms with Gasteiger partial charge in [0.05, 0.1) is 0 Å². The summed E-state index contributed by atoms with van der Waals surface area (Å²) in [7, 11) is 0. The second kappa shape index (κ2) is 3.75. The van der Waals surface area contributed by atoms with Gasteiger partial charge in [0, 0.05) is 6.42 Å². The molecular weight excluding hydrogens is 117 g/mol. The molecule has 0 fully saturated rings. The predicted molar refractivity (Wildman–Crippen MR) is 26.1 cm³/mol. The molecule has 0 aliphatic rings. The minimum Gasteiger partial charge on any atom is -0.248 e. The lowest BCUT2D eigenvalue weighted by molar-refractivity contribution is 0.195. The average molecular weight is 126 g/mol. The first kappa shape index (κ1) is 7.79. The highest BCUT2D eigenvalue weighted by Crippen LogP contribution is 2.04. The molecule has 0 spiro atoms. The Balaban J connectivity index is 3.10. The van der Waals surface area contributed by atoms with Crippen molar-refractivity contribution < 1.29 is 13.2 Å². The zero-order chi connectivity index (χ0) is 6.57. The van der Waals surface area contributed by atoms with Crippen LogP contribution in [0.2, 0.25) is 0 Å². The van der Waals surface area contributed by atoms with Crippen molar-refractivity contribution in [2.75, 3.05) is 6.67 Å².